The van der Waals surface area contributed by atoms with E-state index >= 15 is 0 Å². The van der Waals surface area contributed by atoms with Gasteiger partial charge in [0.25, 0.3) is 0 Å². The molecule has 10 nitrogen and oxygen atoms in total. The summed E-state index contributed by atoms with van der Waals surface area (Å²) in [6.45, 7) is 7.87. The Bertz CT molecular complexity index is 1080. The van der Waals surface area contributed by atoms with E-state index in [0.29, 0.717) is 25.9 Å². The van der Waals surface area contributed by atoms with Crippen LogP contribution in [0.2, 0.25) is 0 Å². The zero-order valence-corrected chi connectivity index (χ0v) is 23.0. The van der Waals surface area contributed by atoms with Crippen LogP contribution in [0.25, 0.3) is 0 Å². The molecule has 2 saturated carbocycles. The molecule has 0 aromatic heterocycles. The molecule has 0 aromatic carbocycles. The SMILES string of the molecule is C/C(=C\C(=O)OC[C@]12CC[C@@]3(C)O[C@@H]3[C@H]1O[C@@H]1C[C@@H](OC(=O)/C=C\C=C\[C@@H](O)[C@@H](C)O)[C@@]2(C)[C@]12CO2)CCO. The van der Waals surface area contributed by atoms with Crippen molar-refractivity contribution < 1.29 is 48.6 Å². The lowest BCUT2D eigenvalue weighted by atomic mass is 9.50. The highest BCUT2D eigenvalue weighted by molar-refractivity contribution is 5.83. The van der Waals surface area contributed by atoms with Crippen LogP contribution in [0.1, 0.15) is 53.4 Å². The Kier molecular flexibility index (Phi) is 7.35. The summed E-state index contributed by atoms with van der Waals surface area (Å²) in [5.41, 5.74) is -1.61. The van der Waals surface area contributed by atoms with E-state index in [2.05, 4.69) is 13.8 Å². The maximum Gasteiger partial charge on any atom is 0.331 e. The van der Waals surface area contributed by atoms with E-state index in [9.17, 15) is 24.9 Å². The van der Waals surface area contributed by atoms with Crippen LogP contribution in [0, 0.1) is 10.8 Å². The molecule has 5 fully saturated rings. The molecule has 0 aromatic rings. The zero-order chi connectivity index (χ0) is 28.2. The first-order chi connectivity index (χ1) is 18.4. The Morgan fingerprint density at radius 3 is 2.54 bits per heavy atom. The first kappa shape index (κ1) is 28.4. The molecule has 2 aliphatic carbocycles. The highest BCUT2D eigenvalue weighted by atomic mass is 16.7. The summed E-state index contributed by atoms with van der Waals surface area (Å²) in [5.74, 6) is -1.04. The van der Waals surface area contributed by atoms with Gasteiger partial charge in [-0.1, -0.05) is 30.7 Å². The lowest BCUT2D eigenvalue weighted by molar-refractivity contribution is -0.250. The fourth-order valence-corrected chi connectivity index (χ4v) is 7.19. The molecule has 0 radical (unpaired) electrons. The van der Waals surface area contributed by atoms with Crippen molar-refractivity contribution in [3.63, 3.8) is 0 Å². The van der Waals surface area contributed by atoms with Crippen molar-refractivity contribution in [2.45, 2.75) is 101 Å². The molecule has 10 atom stereocenters. The van der Waals surface area contributed by atoms with E-state index in [1.807, 2.05) is 0 Å². The average molecular weight is 549 g/mol. The van der Waals surface area contributed by atoms with Crippen LogP contribution in [0.5, 0.6) is 0 Å². The predicted molar refractivity (Wildman–Crippen MR) is 137 cm³/mol. The molecule has 3 heterocycles. The largest absolute Gasteiger partial charge is 0.462 e. The number of fused-ring (bicyclic) bond motifs is 4. The fraction of sp³-hybridized carbons (Fsp3) is 0.724. The van der Waals surface area contributed by atoms with E-state index in [0.717, 1.165) is 12.0 Å². The lowest BCUT2D eigenvalue weighted by Gasteiger charge is -2.58. The number of ether oxygens (including phenoxy) is 5. The Morgan fingerprint density at radius 1 is 1.13 bits per heavy atom. The normalized spacial score (nSPS) is 43.7. The summed E-state index contributed by atoms with van der Waals surface area (Å²) in [6.07, 6.45) is 5.97. The first-order valence-corrected chi connectivity index (χ1v) is 13.8. The number of epoxide rings is 2. The third-order valence-corrected chi connectivity index (χ3v) is 9.85. The number of rotatable bonds is 10. The van der Waals surface area contributed by atoms with Gasteiger partial charge in [0, 0.05) is 30.6 Å². The molecule has 5 aliphatic rings. The van der Waals surface area contributed by atoms with Gasteiger partial charge < -0.3 is 39.0 Å². The molecule has 5 rings (SSSR count). The molecule has 0 amide bonds. The Morgan fingerprint density at radius 2 is 1.87 bits per heavy atom. The van der Waals surface area contributed by atoms with Crippen LogP contribution in [0.4, 0.5) is 0 Å². The number of aliphatic hydroxyl groups excluding tert-OH is 3. The number of hydrogen-bond acceptors (Lipinski definition) is 10. The molecule has 39 heavy (non-hydrogen) atoms. The van der Waals surface area contributed by atoms with Crippen LogP contribution in [0.15, 0.2) is 36.0 Å². The minimum Gasteiger partial charge on any atom is -0.462 e. The summed E-state index contributed by atoms with van der Waals surface area (Å²) in [4.78, 5) is 25.7. The van der Waals surface area contributed by atoms with Gasteiger partial charge in [-0.15, -0.1) is 0 Å². The number of aliphatic hydroxyl groups is 3. The van der Waals surface area contributed by atoms with Crippen molar-refractivity contribution in [3.05, 3.63) is 36.0 Å². The number of carbonyl (C=O) groups is 2. The van der Waals surface area contributed by atoms with E-state index in [4.69, 9.17) is 23.7 Å². The summed E-state index contributed by atoms with van der Waals surface area (Å²) in [6, 6.07) is 0. The summed E-state index contributed by atoms with van der Waals surface area (Å²) >= 11 is 0. The molecule has 10 heteroatoms. The smallest absolute Gasteiger partial charge is 0.331 e. The number of carbonyl (C=O) groups excluding carboxylic acids is 2. The van der Waals surface area contributed by atoms with Gasteiger partial charge in [0.1, 0.15) is 24.4 Å². The van der Waals surface area contributed by atoms with Gasteiger partial charge in [-0.2, -0.15) is 0 Å². The zero-order valence-electron chi connectivity index (χ0n) is 23.0. The highest BCUT2D eigenvalue weighted by Crippen LogP contribution is 2.75. The van der Waals surface area contributed by atoms with Crippen molar-refractivity contribution in [2.24, 2.45) is 10.8 Å². The second kappa shape index (κ2) is 10.1. The number of hydrogen-bond donors (Lipinski definition) is 3. The highest BCUT2D eigenvalue weighted by Gasteiger charge is 2.86. The van der Waals surface area contributed by atoms with Crippen LogP contribution in [-0.2, 0) is 33.3 Å². The number of esters is 2. The van der Waals surface area contributed by atoms with Gasteiger partial charge >= 0.3 is 11.9 Å². The van der Waals surface area contributed by atoms with E-state index in [-0.39, 0.29) is 37.1 Å². The maximum absolute atomic E-state index is 12.9. The van der Waals surface area contributed by atoms with Crippen molar-refractivity contribution in [3.8, 4) is 0 Å². The summed E-state index contributed by atoms with van der Waals surface area (Å²) in [7, 11) is 0. The Labute approximate surface area is 228 Å². The first-order valence-electron chi connectivity index (χ1n) is 13.8. The molecule has 2 bridgehead atoms. The molecule has 3 saturated heterocycles. The maximum atomic E-state index is 12.9. The number of allylic oxidation sites excluding steroid dienone is 2. The minimum absolute atomic E-state index is 0.0508. The van der Waals surface area contributed by atoms with Gasteiger partial charge in [0.15, 0.2) is 0 Å². The van der Waals surface area contributed by atoms with Gasteiger partial charge in [0.2, 0.25) is 0 Å². The third-order valence-electron chi connectivity index (χ3n) is 9.85. The van der Waals surface area contributed by atoms with E-state index in [1.54, 1.807) is 6.92 Å². The molecular formula is C29H40O10. The Balaban J connectivity index is 1.40. The van der Waals surface area contributed by atoms with Crippen molar-refractivity contribution >= 4 is 11.9 Å². The second-order valence-electron chi connectivity index (χ2n) is 12.1. The fourth-order valence-electron chi connectivity index (χ4n) is 7.19. The minimum atomic E-state index is -1.04. The van der Waals surface area contributed by atoms with E-state index in [1.165, 1.54) is 37.3 Å². The van der Waals surface area contributed by atoms with Gasteiger partial charge in [-0.25, -0.2) is 9.59 Å². The Hall–Kier alpha value is -2.08. The second-order valence-corrected chi connectivity index (χ2v) is 12.1. The monoisotopic (exact) mass is 548 g/mol. The quantitative estimate of drug-likeness (QED) is 0.159. The summed E-state index contributed by atoms with van der Waals surface area (Å²) < 4.78 is 30.9. The third kappa shape index (κ3) is 4.59. The van der Waals surface area contributed by atoms with Crippen molar-refractivity contribution in [1.82, 2.24) is 0 Å². The molecule has 1 spiro atoms. The van der Waals surface area contributed by atoms with Gasteiger partial charge in [0.05, 0.1) is 42.0 Å². The molecule has 3 N–H and O–H groups in total. The predicted octanol–water partition coefficient (Wildman–Crippen LogP) is 1.51. The van der Waals surface area contributed by atoms with Crippen LogP contribution < -0.4 is 0 Å². The van der Waals surface area contributed by atoms with Crippen LogP contribution >= 0.6 is 0 Å². The molecule has 3 aliphatic heterocycles. The van der Waals surface area contributed by atoms with Crippen molar-refractivity contribution in [1.29, 1.82) is 0 Å². The topological polar surface area (TPSA) is 148 Å². The summed E-state index contributed by atoms with van der Waals surface area (Å²) in [5, 5.41) is 28.3. The van der Waals surface area contributed by atoms with Gasteiger partial charge in [-0.05, 0) is 40.0 Å². The standard InChI is InChI=1S/C29H40O10/c1-17(9-12-30)13-23(34)35-15-28-11-10-26(3)24(39-26)25(28)38-21-14-20(27(28,4)29(21)16-36-29)37-22(33)8-6-5-7-19(32)18(2)31/h5-8,13,18-21,24-25,30-32H,9-12,14-16H2,1-4H3/b7-5+,8-6-,17-13+/t18-,19-,20-,21-,24-,25-,26-,27-,28-,29+/m1/s1. The molecule has 216 valence electrons. The molecule has 0 unspecified atom stereocenters. The lowest BCUT2D eigenvalue weighted by Crippen LogP contribution is -2.69. The van der Waals surface area contributed by atoms with Crippen LogP contribution in [0.3, 0.4) is 0 Å². The van der Waals surface area contributed by atoms with Crippen molar-refractivity contribution in [2.75, 3.05) is 19.8 Å². The van der Waals surface area contributed by atoms with Crippen LogP contribution in [-0.4, -0.2) is 94.9 Å². The molecular weight excluding hydrogens is 508 g/mol. The average Bonchev–Trinajstić information content (AvgIpc) is 3.78. The van der Waals surface area contributed by atoms with Gasteiger partial charge in [-0.3, -0.25) is 0 Å². The van der Waals surface area contributed by atoms with E-state index < -0.39 is 46.7 Å².